The summed E-state index contributed by atoms with van der Waals surface area (Å²) in [5, 5.41) is 4.37. The highest BCUT2D eigenvalue weighted by Gasteiger charge is 2.13. The Morgan fingerprint density at radius 2 is 2.35 bits per heavy atom. The molecule has 7 heteroatoms. The molecule has 0 saturated heterocycles. The topological polar surface area (TPSA) is 77.9 Å². The smallest absolute Gasteiger partial charge is 0.229 e. The van der Waals surface area contributed by atoms with Crippen molar-refractivity contribution in [1.82, 2.24) is 9.97 Å². The molecule has 0 aromatic carbocycles. The highest BCUT2D eigenvalue weighted by molar-refractivity contribution is 7.90. The number of carbonyl (C=O) groups is 1. The summed E-state index contributed by atoms with van der Waals surface area (Å²) in [6, 6.07) is 3.78. The normalized spacial score (nSPS) is 12.2. The van der Waals surface area contributed by atoms with Gasteiger partial charge in [-0.25, -0.2) is 4.98 Å². The van der Waals surface area contributed by atoms with Crippen molar-refractivity contribution in [2.45, 2.75) is 13.3 Å². The number of anilines is 1. The monoisotopic (exact) mass is 309 g/mol. The Hall–Kier alpha value is -1.44. The average Bonchev–Trinajstić information content (AvgIpc) is 2.79. The van der Waals surface area contributed by atoms with Crippen LogP contribution in [-0.4, -0.2) is 32.4 Å². The van der Waals surface area contributed by atoms with Gasteiger partial charge in [0.2, 0.25) is 5.91 Å². The number of hydrogen-bond donors (Lipinski definition) is 1. The van der Waals surface area contributed by atoms with Gasteiger partial charge in [-0.3, -0.25) is 9.78 Å². The molecule has 20 heavy (non-hydrogen) atoms. The number of thiazole rings is 1. The Kier molecular flexibility index (Phi) is 5.11. The van der Waals surface area contributed by atoms with Crippen LogP contribution in [0.5, 0.6) is 0 Å². The van der Waals surface area contributed by atoms with E-state index in [0.29, 0.717) is 5.75 Å². The molecule has 0 aliphatic rings. The lowest BCUT2D eigenvalue weighted by Crippen LogP contribution is -2.16. The molecule has 1 N–H and O–H groups in total. The summed E-state index contributed by atoms with van der Waals surface area (Å²) in [5.74, 6) is 0.240. The van der Waals surface area contributed by atoms with Crippen LogP contribution < -0.4 is 5.32 Å². The van der Waals surface area contributed by atoms with Crippen molar-refractivity contribution >= 4 is 33.4 Å². The first kappa shape index (κ1) is 15.0. The summed E-state index contributed by atoms with van der Waals surface area (Å²) in [6.45, 7) is 1.85. The number of carbonyl (C=O) groups excluding carboxylic acids is 1. The number of hydrogen-bond acceptors (Lipinski definition) is 5. The molecule has 1 atom stereocenters. The standard InChI is InChI=1S/C13H15N3O2S2/c1-9-12(16-11(17)5-7-20(2)18)19-13(15-9)10-4-3-6-14-8-10/h3-4,6,8H,5,7H2,1-2H3,(H,16,17). The largest absolute Gasteiger partial charge is 0.617 e. The molecule has 0 bridgehead atoms. The van der Waals surface area contributed by atoms with E-state index in [1.165, 1.54) is 11.3 Å². The highest BCUT2D eigenvalue weighted by Crippen LogP contribution is 2.31. The number of rotatable bonds is 5. The molecule has 106 valence electrons. The van der Waals surface area contributed by atoms with Crippen molar-refractivity contribution in [2.24, 2.45) is 0 Å². The molecule has 0 aliphatic heterocycles. The molecule has 0 spiro atoms. The lowest BCUT2D eigenvalue weighted by molar-refractivity contribution is -0.115. The van der Waals surface area contributed by atoms with Gasteiger partial charge in [0.15, 0.2) is 0 Å². The van der Waals surface area contributed by atoms with Crippen molar-refractivity contribution in [1.29, 1.82) is 0 Å². The van der Waals surface area contributed by atoms with E-state index in [1.54, 1.807) is 18.6 Å². The van der Waals surface area contributed by atoms with Gasteiger partial charge in [-0.15, -0.1) is 0 Å². The van der Waals surface area contributed by atoms with Gasteiger partial charge in [0.1, 0.15) is 15.8 Å². The summed E-state index contributed by atoms with van der Waals surface area (Å²) in [6.07, 6.45) is 5.29. The van der Waals surface area contributed by atoms with Gasteiger partial charge in [-0.05, 0) is 19.1 Å². The molecule has 2 rings (SSSR count). The zero-order valence-corrected chi connectivity index (χ0v) is 12.9. The SMILES string of the molecule is Cc1nc(-c2cccnc2)sc1NC(=O)CC[S+](C)[O-]. The van der Waals surface area contributed by atoms with Crippen LogP contribution in [0.15, 0.2) is 24.5 Å². The first-order valence-corrected chi connectivity index (χ1v) is 8.58. The van der Waals surface area contributed by atoms with Gasteiger partial charge >= 0.3 is 0 Å². The molecule has 2 heterocycles. The predicted octanol–water partition coefficient (Wildman–Crippen LogP) is 2.22. The molecule has 0 fully saturated rings. The van der Waals surface area contributed by atoms with Gasteiger partial charge in [0.25, 0.3) is 0 Å². The summed E-state index contributed by atoms with van der Waals surface area (Å²) in [4.78, 5) is 20.2. The maximum absolute atomic E-state index is 11.7. The molecule has 0 saturated carbocycles. The van der Waals surface area contributed by atoms with Gasteiger partial charge in [-0.2, -0.15) is 0 Å². The molecule has 0 aliphatic carbocycles. The van der Waals surface area contributed by atoms with Crippen LogP contribution >= 0.6 is 11.3 Å². The second-order valence-corrected chi connectivity index (χ2v) is 6.80. The molecule has 5 nitrogen and oxygen atoms in total. The van der Waals surface area contributed by atoms with Crippen LogP contribution in [-0.2, 0) is 16.0 Å². The average molecular weight is 309 g/mol. The summed E-state index contributed by atoms with van der Waals surface area (Å²) in [7, 11) is 0. The van der Waals surface area contributed by atoms with Gasteiger partial charge in [-0.1, -0.05) is 22.5 Å². The van der Waals surface area contributed by atoms with Crippen LogP contribution in [0.4, 0.5) is 5.00 Å². The fourth-order valence-electron chi connectivity index (χ4n) is 1.55. The van der Waals surface area contributed by atoms with Crippen molar-refractivity contribution in [3.8, 4) is 10.6 Å². The fraction of sp³-hybridized carbons (Fsp3) is 0.308. The van der Waals surface area contributed by atoms with Crippen molar-refractivity contribution in [2.75, 3.05) is 17.3 Å². The van der Waals surface area contributed by atoms with E-state index in [2.05, 4.69) is 15.3 Å². The molecular weight excluding hydrogens is 294 g/mol. The maximum atomic E-state index is 11.7. The Labute approximate surface area is 124 Å². The first-order chi connectivity index (χ1) is 9.56. The minimum absolute atomic E-state index is 0.135. The van der Waals surface area contributed by atoms with E-state index in [4.69, 9.17) is 0 Å². The van der Waals surface area contributed by atoms with Crippen molar-refractivity contribution < 1.29 is 9.35 Å². The van der Waals surface area contributed by atoms with Crippen LogP contribution in [0.1, 0.15) is 12.1 Å². The summed E-state index contributed by atoms with van der Waals surface area (Å²) < 4.78 is 11.0. The molecule has 2 aromatic heterocycles. The Morgan fingerprint density at radius 1 is 1.55 bits per heavy atom. The van der Waals surface area contributed by atoms with Crippen LogP contribution in [0, 0.1) is 6.92 Å². The minimum Gasteiger partial charge on any atom is -0.617 e. The predicted molar refractivity (Wildman–Crippen MR) is 82.3 cm³/mol. The number of pyridine rings is 1. The first-order valence-electron chi connectivity index (χ1n) is 6.04. The number of aryl methyl sites for hydroxylation is 1. The quantitative estimate of drug-likeness (QED) is 0.859. The van der Waals surface area contributed by atoms with Gasteiger partial charge in [0.05, 0.1) is 18.4 Å². The minimum atomic E-state index is -0.955. The second-order valence-electron chi connectivity index (χ2n) is 4.25. The lowest BCUT2D eigenvalue weighted by atomic mass is 10.3. The molecule has 2 aromatic rings. The maximum Gasteiger partial charge on any atom is 0.229 e. The zero-order valence-electron chi connectivity index (χ0n) is 11.3. The lowest BCUT2D eigenvalue weighted by Gasteiger charge is -2.05. The highest BCUT2D eigenvalue weighted by atomic mass is 32.2. The third-order valence-corrected chi connectivity index (χ3v) is 4.48. The third-order valence-electron chi connectivity index (χ3n) is 2.57. The zero-order chi connectivity index (χ0) is 14.5. The number of aromatic nitrogens is 2. The Morgan fingerprint density at radius 3 is 3.00 bits per heavy atom. The van der Waals surface area contributed by atoms with Gasteiger partial charge in [0, 0.05) is 18.0 Å². The van der Waals surface area contributed by atoms with E-state index in [-0.39, 0.29) is 12.3 Å². The summed E-state index contributed by atoms with van der Waals surface area (Å²) in [5.41, 5.74) is 1.70. The summed E-state index contributed by atoms with van der Waals surface area (Å²) >= 11 is 0.461. The molecule has 1 amide bonds. The van der Waals surface area contributed by atoms with E-state index >= 15 is 0 Å². The van der Waals surface area contributed by atoms with Crippen LogP contribution in [0.2, 0.25) is 0 Å². The van der Waals surface area contributed by atoms with Gasteiger partial charge < -0.3 is 9.87 Å². The molecule has 1 unspecified atom stereocenters. The molecule has 0 radical (unpaired) electrons. The van der Waals surface area contributed by atoms with E-state index in [1.807, 2.05) is 19.1 Å². The van der Waals surface area contributed by atoms with Crippen molar-refractivity contribution in [3.05, 3.63) is 30.2 Å². The number of amides is 1. The van der Waals surface area contributed by atoms with E-state index in [9.17, 15) is 9.35 Å². The van der Waals surface area contributed by atoms with Crippen LogP contribution in [0.3, 0.4) is 0 Å². The number of nitrogens with zero attached hydrogens (tertiary/aromatic N) is 2. The molecular formula is C13H15N3O2S2. The van der Waals surface area contributed by atoms with Crippen molar-refractivity contribution in [3.63, 3.8) is 0 Å². The van der Waals surface area contributed by atoms with E-state index < -0.39 is 11.2 Å². The Bertz CT molecular complexity index is 585. The fourth-order valence-corrected chi connectivity index (χ4v) is 3.00. The third kappa shape index (κ3) is 4.03. The van der Waals surface area contributed by atoms with Crippen LogP contribution in [0.25, 0.3) is 10.6 Å². The Balaban J connectivity index is 2.07. The number of nitrogens with one attached hydrogen (secondary N) is 1. The van der Waals surface area contributed by atoms with E-state index in [0.717, 1.165) is 21.3 Å². The second kappa shape index (κ2) is 6.83.